The van der Waals surface area contributed by atoms with E-state index < -0.39 is 0 Å². The van der Waals surface area contributed by atoms with Crippen molar-refractivity contribution in [2.75, 3.05) is 30.4 Å². The molecule has 3 aromatic rings. The minimum atomic E-state index is -0.0715. The van der Waals surface area contributed by atoms with E-state index in [1.165, 1.54) is 11.5 Å². The number of amides is 2. The van der Waals surface area contributed by atoms with Crippen LogP contribution in [0.1, 0.15) is 43.0 Å². The molecule has 2 unspecified atom stereocenters. The highest BCUT2D eigenvalue weighted by molar-refractivity contribution is 7.09. The summed E-state index contributed by atoms with van der Waals surface area (Å²) in [7, 11) is 2.08. The molecule has 2 saturated carbocycles. The average molecular weight is 449 g/mol. The molecule has 2 amide bonds. The molecule has 0 spiro atoms. The molecule has 3 aromatic heterocycles. The topological polar surface area (TPSA) is 114 Å². The fraction of sp³-hybridized carbons (Fsp3) is 0.500. The molecule has 2 aliphatic carbocycles. The van der Waals surface area contributed by atoms with Crippen LogP contribution in [0.25, 0.3) is 11.0 Å². The standard InChI is InChI=1S/C22H24N8OS/c1-29(18-15(8-23)9-25-20-17(18)4-5-24-20)16-6-13-10-30(11-14(13)7-16)22(31)27-21-26-19(28-32-21)12-2-3-12/h4-5,9,12-14,16H,2-3,6-7,10-11H2,1H3,(H,24,25)(H,26,27,28,31)/t13-,14?,16?/m1/s1. The molecule has 1 saturated heterocycles. The second kappa shape index (κ2) is 7.45. The highest BCUT2D eigenvalue weighted by Crippen LogP contribution is 2.43. The van der Waals surface area contributed by atoms with Gasteiger partial charge < -0.3 is 14.8 Å². The third kappa shape index (κ3) is 3.28. The Kier molecular flexibility index (Phi) is 4.54. The number of anilines is 2. The Balaban J connectivity index is 1.12. The Hall–Kier alpha value is -3.19. The molecule has 3 fully saturated rings. The molecule has 10 heteroatoms. The summed E-state index contributed by atoms with van der Waals surface area (Å²) >= 11 is 1.27. The van der Waals surface area contributed by atoms with Crippen molar-refractivity contribution in [2.45, 2.75) is 37.6 Å². The molecule has 3 aliphatic rings. The van der Waals surface area contributed by atoms with Crippen LogP contribution in [0, 0.1) is 23.2 Å². The summed E-state index contributed by atoms with van der Waals surface area (Å²) in [5.74, 6) is 2.31. The van der Waals surface area contributed by atoms with Gasteiger partial charge in [0.05, 0.1) is 11.3 Å². The van der Waals surface area contributed by atoms with Gasteiger partial charge in [0, 0.05) is 61.4 Å². The minimum Gasteiger partial charge on any atom is -0.370 e. The molecular weight excluding hydrogens is 424 g/mol. The first-order chi connectivity index (χ1) is 15.6. The van der Waals surface area contributed by atoms with Crippen LogP contribution in [-0.4, -0.2) is 56.4 Å². The third-order valence-corrected chi connectivity index (χ3v) is 7.84. The molecule has 3 atom stereocenters. The number of pyridine rings is 1. The number of aromatic nitrogens is 4. The van der Waals surface area contributed by atoms with Crippen LogP contribution in [0.3, 0.4) is 0 Å². The van der Waals surface area contributed by atoms with E-state index >= 15 is 0 Å². The molecule has 0 radical (unpaired) electrons. The number of urea groups is 1. The summed E-state index contributed by atoms with van der Waals surface area (Å²) in [6.45, 7) is 1.52. The van der Waals surface area contributed by atoms with E-state index in [9.17, 15) is 10.1 Å². The Bertz CT molecular complexity index is 1210. The zero-order valence-corrected chi connectivity index (χ0v) is 18.6. The SMILES string of the molecule is CN(c1c(C#N)cnc2[nH]ccc12)C1CC2CN(C(=O)Nc3nc(C4CC4)ns3)C[C@H]2C1. The predicted octanol–water partition coefficient (Wildman–Crippen LogP) is 3.54. The first-order valence-corrected chi connectivity index (χ1v) is 11.9. The number of carbonyl (C=O) groups excluding carboxylic acids is 1. The maximum absolute atomic E-state index is 12.8. The molecule has 1 aliphatic heterocycles. The minimum absolute atomic E-state index is 0.0715. The van der Waals surface area contributed by atoms with Gasteiger partial charge in [0.1, 0.15) is 17.5 Å². The summed E-state index contributed by atoms with van der Waals surface area (Å²) in [4.78, 5) is 28.9. The summed E-state index contributed by atoms with van der Waals surface area (Å²) in [5.41, 5.74) is 2.34. The van der Waals surface area contributed by atoms with E-state index in [-0.39, 0.29) is 6.03 Å². The maximum Gasteiger partial charge on any atom is 0.323 e. The van der Waals surface area contributed by atoms with Crippen molar-refractivity contribution in [1.82, 2.24) is 24.2 Å². The largest absolute Gasteiger partial charge is 0.370 e. The number of fused-ring (bicyclic) bond motifs is 2. The lowest BCUT2D eigenvalue weighted by Crippen LogP contribution is -2.36. The van der Waals surface area contributed by atoms with Crippen molar-refractivity contribution in [3.63, 3.8) is 0 Å². The van der Waals surface area contributed by atoms with Crippen LogP contribution >= 0.6 is 11.5 Å². The third-order valence-electron chi connectivity index (χ3n) is 7.19. The Labute approximate surface area is 189 Å². The molecule has 9 nitrogen and oxygen atoms in total. The van der Waals surface area contributed by atoms with Crippen LogP contribution in [0.15, 0.2) is 18.5 Å². The monoisotopic (exact) mass is 448 g/mol. The van der Waals surface area contributed by atoms with Crippen molar-refractivity contribution < 1.29 is 4.79 Å². The number of nitrogens with one attached hydrogen (secondary N) is 2. The lowest BCUT2D eigenvalue weighted by molar-refractivity contribution is 0.218. The van der Waals surface area contributed by atoms with Gasteiger partial charge in [0.2, 0.25) is 5.13 Å². The fourth-order valence-electron chi connectivity index (χ4n) is 5.35. The van der Waals surface area contributed by atoms with E-state index in [1.54, 1.807) is 6.20 Å². The summed E-state index contributed by atoms with van der Waals surface area (Å²) in [6, 6.07) is 4.55. The quantitative estimate of drug-likeness (QED) is 0.631. The number of hydrogen-bond donors (Lipinski definition) is 2. The van der Waals surface area contributed by atoms with Crippen LogP contribution in [0.5, 0.6) is 0 Å². The highest BCUT2D eigenvalue weighted by atomic mass is 32.1. The number of carbonyl (C=O) groups is 1. The van der Waals surface area contributed by atoms with Gasteiger partial charge >= 0.3 is 6.03 Å². The highest BCUT2D eigenvalue weighted by Gasteiger charge is 2.44. The van der Waals surface area contributed by atoms with Gasteiger partial charge in [0.15, 0.2) is 0 Å². The van der Waals surface area contributed by atoms with Gasteiger partial charge in [-0.2, -0.15) is 9.64 Å². The van der Waals surface area contributed by atoms with Crippen molar-refractivity contribution in [1.29, 1.82) is 5.26 Å². The maximum atomic E-state index is 12.8. The number of nitriles is 1. The number of nitrogens with zero attached hydrogens (tertiary/aromatic N) is 6. The molecule has 0 aromatic carbocycles. The van der Waals surface area contributed by atoms with Crippen LogP contribution in [-0.2, 0) is 0 Å². The fourth-order valence-corrected chi connectivity index (χ4v) is 5.99. The lowest BCUT2D eigenvalue weighted by Gasteiger charge is -2.29. The van der Waals surface area contributed by atoms with Crippen molar-refractivity contribution in [2.24, 2.45) is 11.8 Å². The van der Waals surface area contributed by atoms with E-state index in [0.717, 1.165) is 61.3 Å². The summed E-state index contributed by atoms with van der Waals surface area (Å²) < 4.78 is 4.37. The van der Waals surface area contributed by atoms with Crippen LogP contribution in [0.2, 0.25) is 0 Å². The van der Waals surface area contributed by atoms with Gasteiger partial charge in [-0.15, -0.1) is 0 Å². The van der Waals surface area contributed by atoms with Gasteiger partial charge in [-0.3, -0.25) is 5.32 Å². The van der Waals surface area contributed by atoms with Gasteiger partial charge in [-0.1, -0.05) is 0 Å². The summed E-state index contributed by atoms with van der Waals surface area (Å²) in [5, 5.41) is 14.2. The van der Waals surface area contributed by atoms with Crippen molar-refractivity contribution in [3.05, 3.63) is 29.8 Å². The number of likely N-dealkylation sites (tertiary alicyclic amines) is 1. The normalized spacial score (nSPS) is 24.5. The number of aromatic amines is 1. The second-order valence-corrected chi connectivity index (χ2v) is 9.95. The number of H-pyrrole nitrogens is 1. The zero-order chi connectivity index (χ0) is 21.8. The van der Waals surface area contributed by atoms with Crippen molar-refractivity contribution in [3.8, 4) is 6.07 Å². The molecular formula is C22H24N8OS. The van der Waals surface area contributed by atoms with Gasteiger partial charge in [0.25, 0.3) is 0 Å². The van der Waals surface area contributed by atoms with E-state index in [0.29, 0.717) is 34.5 Å². The Morgan fingerprint density at radius 2 is 2.12 bits per heavy atom. The smallest absolute Gasteiger partial charge is 0.323 e. The first kappa shape index (κ1) is 19.5. The Morgan fingerprint density at radius 3 is 2.84 bits per heavy atom. The van der Waals surface area contributed by atoms with E-state index in [1.807, 2.05) is 17.2 Å². The summed E-state index contributed by atoms with van der Waals surface area (Å²) in [6.07, 6.45) is 7.83. The average Bonchev–Trinajstić information content (AvgIpc) is 3.17. The predicted molar refractivity (Wildman–Crippen MR) is 122 cm³/mol. The number of hydrogen-bond acceptors (Lipinski definition) is 7. The molecule has 164 valence electrons. The van der Waals surface area contributed by atoms with Crippen LogP contribution < -0.4 is 10.2 Å². The van der Waals surface area contributed by atoms with Crippen molar-refractivity contribution >= 4 is 39.4 Å². The van der Waals surface area contributed by atoms with Gasteiger partial charge in [-0.25, -0.2) is 14.8 Å². The van der Waals surface area contributed by atoms with E-state index in [2.05, 4.69) is 42.7 Å². The molecule has 2 N–H and O–H groups in total. The zero-order valence-electron chi connectivity index (χ0n) is 17.8. The van der Waals surface area contributed by atoms with Gasteiger partial charge in [-0.05, 0) is 43.6 Å². The molecule has 32 heavy (non-hydrogen) atoms. The number of rotatable bonds is 4. The van der Waals surface area contributed by atoms with E-state index in [4.69, 9.17) is 0 Å². The Morgan fingerprint density at radius 1 is 1.34 bits per heavy atom. The lowest BCUT2D eigenvalue weighted by atomic mass is 10.0. The van der Waals surface area contributed by atoms with Crippen LogP contribution in [0.4, 0.5) is 15.6 Å². The molecule has 0 bridgehead atoms. The second-order valence-electron chi connectivity index (χ2n) is 9.20. The molecule has 4 heterocycles. The molecule has 6 rings (SSSR count). The first-order valence-electron chi connectivity index (χ1n) is 11.1.